The molecule has 172 valence electrons. The van der Waals surface area contributed by atoms with Crippen molar-refractivity contribution in [3.63, 3.8) is 0 Å². The van der Waals surface area contributed by atoms with Gasteiger partial charge < -0.3 is 26.6 Å². The lowest BCUT2D eigenvalue weighted by molar-refractivity contribution is -0.193. The summed E-state index contributed by atoms with van der Waals surface area (Å²) in [5, 5.41) is 14.2. The van der Waals surface area contributed by atoms with E-state index in [-0.39, 0.29) is 11.9 Å². The number of rotatable bonds is 5. The van der Waals surface area contributed by atoms with E-state index in [2.05, 4.69) is 0 Å². The molecule has 0 spiro atoms. The fourth-order valence-corrected chi connectivity index (χ4v) is 1.98. The number of alkyl halides is 6. The van der Waals surface area contributed by atoms with E-state index < -0.39 is 24.3 Å². The number of halogens is 6. The van der Waals surface area contributed by atoms with E-state index in [1.807, 2.05) is 4.90 Å². The van der Waals surface area contributed by atoms with Gasteiger partial charge in [-0.2, -0.15) is 26.3 Å². The van der Waals surface area contributed by atoms with Crippen LogP contribution in [0, 0.1) is 0 Å². The Balaban J connectivity index is 0. The standard InChI is InChI=1S/C11H23N3O.2C2HF3O2/c12-7-3-2-6-10(13)11(15)14-8-4-1-5-9-14;2*3-2(4,5)1(6)7/h10H,1-9,12-13H2;2*(H,6,7)/t10-;;/m0../s1. The summed E-state index contributed by atoms with van der Waals surface area (Å²) in [6.45, 7) is 2.47. The van der Waals surface area contributed by atoms with Crippen LogP contribution in [0.15, 0.2) is 0 Å². The zero-order valence-corrected chi connectivity index (χ0v) is 15.4. The van der Waals surface area contributed by atoms with Gasteiger partial charge >= 0.3 is 24.3 Å². The Kier molecular flexibility index (Phi) is 14.0. The van der Waals surface area contributed by atoms with Gasteiger partial charge in [-0.25, -0.2) is 9.59 Å². The van der Waals surface area contributed by atoms with Crippen LogP contribution in [0.5, 0.6) is 0 Å². The summed E-state index contributed by atoms with van der Waals surface area (Å²) < 4.78 is 63.5. The lowest BCUT2D eigenvalue weighted by Gasteiger charge is -2.29. The number of likely N-dealkylation sites (tertiary alicyclic amines) is 1. The zero-order valence-electron chi connectivity index (χ0n) is 15.4. The van der Waals surface area contributed by atoms with E-state index in [4.69, 9.17) is 31.3 Å². The summed E-state index contributed by atoms with van der Waals surface area (Å²) in [5.41, 5.74) is 11.3. The Morgan fingerprint density at radius 3 is 1.55 bits per heavy atom. The monoisotopic (exact) mass is 441 g/mol. The molecule has 0 radical (unpaired) electrons. The second-order valence-corrected chi connectivity index (χ2v) is 5.88. The van der Waals surface area contributed by atoms with Crippen LogP contribution in [0.4, 0.5) is 26.3 Å². The normalized spacial score (nSPS) is 15.2. The molecule has 14 heteroatoms. The first-order chi connectivity index (χ1) is 13.1. The van der Waals surface area contributed by atoms with Gasteiger partial charge in [-0.05, 0) is 38.6 Å². The summed E-state index contributed by atoms with van der Waals surface area (Å²) >= 11 is 0. The third-order valence-electron chi connectivity index (χ3n) is 3.44. The molecule has 0 aromatic heterocycles. The van der Waals surface area contributed by atoms with Gasteiger partial charge in [0.2, 0.25) is 5.91 Å². The maximum atomic E-state index is 11.9. The molecule has 6 N–H and O–H groups in total. The summed E-state index contributed by atoms with van der Waals surface area (Å²) in [6, 6.07) is -0.311. The van der Waals surface area contributed by atoms with Crippen molar-refractivity contribution in [2.45, 2.75) is 56.9 Å². The maximum absolute atomic E-state index is 11.9. The quantitative estimate of drug-likeness (QED) is 0.375. The minimum absolute atomic E-state index is 0.131. The number of aliphatic carboxylic acids is 2. The number of carboxylic acids is 2. The first-order valence-corrected chi connectivity index (χ1v) is 8.49. The van der Waals surface area contributed by atoms with Crippen LogP contribution in [0.3, 0.4) is 0 Å². The minimum Gasteiger partial charge on any atom is -0.475 e. The van der Waals surface area contributed by atoms with Crippen molar-refractivity contribution in [1.82, 2.24) is 4.90 Å². The van der Waals surface area contributed by atoms with Gasteiger partial charge in [0, 0.05) is 13.1 Å². The molecule has 0 unspecified atom stereocenters. The first-order valence-electron chi connectivity index (χ1n) is 8.49. The highest BCUT2D eigenvalue weighted by atomic mass is 19.4. The number of hydrogen-bond acceptors (Lipinski definition) is 5. The number of unbranched alkanes of at least 4 members (excludes halogenated alkanes) is 1. The van der Waals surface area contributed by atoms with Gasteiger partial charge in [0.25, 0.3) is 0 Å². The van der Waals surface area contributed by atoms with Crippen LogP contribution in [-0.4, -0.2) is 71.0 Å². The molecule has 8 nitrogen and oxygen atoms in total. The van der Waals surface area contributed by atoms with Crippen LogP contribution in [-0.2, 0) is 14.4 Å². The van der Waals surface area contributed by atoms with Gasteiger partial charge in [0.15, 0.2) is 0 Å². The summed E-state index contributed by atoms with van der Waals surface area (Å²) in [7, 11) is 0. The van der Waals surface area contributed by atoms with Crippen molar-refractivity contribution in [3.8, 4) is 0 Å². The predicted octanol–water partition coefficient (Wildman–Crippen LogP) is 1.72. The second-order valence-electron chi connectivity index (χ2n) is 5.88. The van der Waals surface area contributed by atoms with Crippen LogP contribution in [0.1, 0.15) is 38.5 Å². The van der Waals surface area contributed by atoms with Crippen LogP contribution in [0.2, 0.25) is 0 Å². The number of carbonyl (C=O) groups excluding carboxylic acids is 1. The maximum Gasteiger partial charge on any atom is 0.490 e. The fraction of sp³-hybridized carbons (Fsp3) is 0.800. The number of piperidine rings is 1. The molecular formula is C15H25F6N3O5. The largest absolute Gasteiger partial charge is 0.490 e. The van der Waals surface area contributed by atoms with Gasteiger partial charge in [-0.1, -0.05) is 6.42 Å². The number of amides is 1. The SMILES string of the molecule is NCCCC[C@H](N)C(=O)N1CCCCC1.O=C(O)C(F)(F)F.O=C(O)C(F)(F)F. The molecule has 29 heavy (non-hydrogen) atoms. The van der Waals surface area contributed by atoms with Gasteiger partial charge in [-0.15, -0.1) is 0 Å². The van der Waals surface area contributed by atoms with E-state index in [1.54, 1.807) is 0 Å². The van der Waals surface area contributed by atoms with Gasteiger partial charge in [-0.3, -0.25) is 4.79 Å². The Hall–Kier alpha value is -2.09. The molecular weight excluding hydrogens is 416 g/mol. The minimum atomic E-state index is -5.08. The molecule has 0 aromatic carbocycles. The number of carboxylic acid groups (broad SMARTS) is 2. The van der Waals surface area contributed by atoms with E-state index >= 15 is 0 Å². The lowest BCUT2D eigenvalue weighted by atomic mass is 10.1. The Morgan fingerprint density at radius 1 is 0.862 bits per heavy atom. The van der Waals surface area contributed by atoms with E-state index in [9.17, 15) is 31.1 Å². The van der Waals surface area contributed by atoms with Crippen LogP contribution in [0.25, 0.3) is 0 Å². The number of nitrogens with two attached hydrogens (primary N) is 2. The Labute approximate surface area is 162 Å². The van der Waals surface area contributed by atoms with Crippen LogP contribution >= 0.6 is 0 Å². The topological polar surface area (TPSA) is 147 Å². The molecule has 1 aliphatic heterocycles. The van der Waals surface area contributed by atoms with Crippen molar-refractivity contribution < 1.29 is 50.9 Å². The van der Waals surface area contributed by atoms with Crippen molar-refractivity contribution >= 4 is 17.8 Å². The Morgan fingerprint density at radius 2 is 1.24 bits per heavy atom. The molecule has 1 aliphatic rings. The zero-order chi connectivity index (χ0) is 23.3. The van der Waals surface area contributed by atoms with Crippen molar-refractivity contribution in [1.29, 1.82) is 0 Å². The first kappa shape index (κ1) is 29.1. The smallest absolute Gasteiger partial charge is 0.475 e. The highest BCUT2D eigenvalue weighted by molar-refractivity contribution is 5.81. The third-order valence-corrected chi connectivity index (χ3v) is 3.44. The van der Waals surface area contributed by atoms with Gasteiger partial charge in [0.05, 0.1) is 6.04 Å². The molecule has 1 saturated heterocycles. The van der Waals surface area contributed by atoms with E-state index in [0.29, 0.717) is 6.54 Å². The summed E-state index contributed by atoms with van der Waals surface area (Å²) in [4.78, 5) is 31.6. The van der Waals surface area contributed by atoms with Crippen molar-refractivity contribution in [3.05, 3.63) is 0 Å². The molecule has 1 amide bonds. The molecule has 1 heterocycles. The second kappa shape index (κ2) is 14.0. The van der Waals surface area contributed by atoms with Crippen LogP contribution < -0.4 is 11.5 Å². The van der Waals surface area contributed by atoms with E-state index in [1.165, 1.54) is 6.42 Å². The average molecular weight is 441 g/mol. The predicted molar refractivity (Wildman–Crippen MR) is 88.7 cm³/mol. The third kappa shape index (κ3) is 15.5. The molecule has 1 atom stereocenters. The summed E-state index contributed by atoms with van der Waals surface area (Å²) in [5.74, 6) is -5.38. The Bertz CT molecular complexity index is 484. The number of carbonyl (C=O) groups is 3. The average Bonchev–Trinajstić information content (AvgIpc) is 2.61. The molecule has 1 rings (SSSR count). The van der Waals surface area contributed by atoms with E-state index in [0.717, 1.165) is 45.2 Å². The molecule has 0 aliphatic carbocycles. The van der Waals surface area contributed by atoms with Crippen molar-refractivity contribution in [2.24, 2.45) is 11.5 Å². The molecule has 0 bridgehead atoms. The number of hydrogen-bond donors (Lipinski definition) is 4. The lowest BCUT2D eigenvalue weighted by Crippen LogP contribution is -2.45. The summed E-state index contributed by atoms with van der Waals surface area (Å²) in [6.07, 6.45) is -3.99. The fourth-order valence-electron chi connectivity index (χ4n) is 1.98. The molecule has 1 fully saturated rings. The van der Waals surface area contributed by atoms with Crippen molar-refractivity contribution in [2.75, 3.05) is 19.6 Å². The molecule has 0 aromatic rings. The highest BCUT2D eigenvalue weighted by Crippen LogP contribution is 2.14. The molecule has 0 saturated carbocycles. The van der Waals surface area contributed by atoms with Gasteiger partial charge in [0.1, 0.15) is 0 Å². The highest BCUT2D eigenvalue weighted by Gasteiger charge is 2.38. The number of nitrogens with zero attached hydrogens (tertiary/aromatic N) is 1.